The quantitative estimate of drug-likeness (QED) is 0.607. The van der Waals surface area contributed by atoms with Crippen molar-refractivity contribution in [3.05, 3.63) is 64.7 Å². The summed E-state index contributed by atoms with van der Waals surface area (Å²) in [5.74, 6) is 0.677. The number of ether oxygens (including phenoxy) is 1. The summed E-state index contributed by atoms with van der Waals surface area (Å²) in [4.78, 5) is 0.339. The highest BCUT2D eigenvalue weighted by molar-refractivity contribution is 7.80. The van der Waals surface area contributed by atoms with E-state index in [1.165, 1.54) is 5.56 Å². The van der Waals surface area contributed by atoms with Crippen molar-refractivity contribution in [1.29, 1.82) is 0 Å². The van der Waals surface area contributed by atoms with Crippen molar-refractivity contribution in [3.63, 3.8) is 0 Å². The van der Waals surface area contributed by atoms with Gasteiger partial charge in [-0.25, -0.2) is 0 Å². The highest BCUT2D eigenvalue weighted by Gasteiger charge is 2.04. The second-order valence-corrected chi connectivity index (χ2v) is 5.65. The van der Waals surface area contributed by atoms with Crippen LogP contribution in [-0.2, 0) is 6.42 Å². The third-order valence-corrected chi connectivity index (χ3v) is 3.71. The van der Waals surface area contributed by atoms with Crippen molar-refractivity contribution in [1.82, 2.24) is 0 Å². The molecule has 0 spiro atoms. The van der Waals surface area contributed by atoms with Crippen LogP contribution in [0.1, 0.15) is 24.0 Å². The van der Waals surface area contributed by atoms with Crippen molar-refractivity contribution in [2.24, 2.45) is 5.73 Å². The lowest BCUT2D eigenvalue weighted by Crippen LogP contribution is -2.09. The molecule has 0 aliphatic rings. The molecule has 2 rings (SSSR count). The lowest BCUT2D eigenvalue weighted by Gasteiger charge is -2.09. The second-order valence-electron chi connectivity index (χ2n) is 4.80. The van der Waals surface area contributed by atoms with E-state index in [2.05, 4.69) is 24.3 Å². The Kier molecular flexibility index (Phi) is 6.03. The summed E-state index contributed by atoms with van der Waals surface area (Å²) < 4.78 is 5.69. The highest BCUT2D eigenvalue weighted by atomic mass is 35.5. The van der Waals surface area contributed by atoms with Gasteiger partial charge in [0, 0.05) is 5.56 Å². The zero-order valence-corrected chi connectivity index (χ0v) is 13.3. The van der Waals surface area contributed by atoms with E-state index in [1.54, 1.807) is 6.07 Å². The molecule has 0 aromatic heterocycles. The van der Waals surface area contributed by atoms with E-state index in [4.69, 9.17) is 34.3 Å². The summed E-state index contributed by atoms with van der Waals surface area (Å²) in [7, 11) is 0. The summed E-state index contributed by atoms with van der Waals surface area (Å²) in [6.45, 7) is 0.652. The van der Waals surface area contributed by atoms with Crippen LogP contribution in [0.4, 0.5) is 0 Å². The van der Waals surface area contributed by atoms with Crippen molar-refractivity contribution < 1.29 is 4.74 Å². The number of hydrogen-bond acceptors (Lipinski definition) is 2. The first-order valence-electron chi connectivity index (χ1n) is 6.93. The van der Waals surface area contributed by atoms with Gasteiger partial charge in [0.1, 0.15) is 10.7 Å². The van der Waals surface area contributed by atoms with E-state index in [0.29, 0.717) is 22.4 Å². The molecule has 0 unspecified atom stereocenters. The van der Waals surface area contributed by atoms with Crippen molar-refractivity contribution >= 4 is 28.8 Å². The molecule has 0 heterocycles. The van der Waals surface area contributed by atoms with E-state index in [9.17, 15) is 0 Å². The van der Waals surface area contributed by atoms with Gasteiger partial charge in [0.05, 0.1) is 11.6 Å². The first kappa shape index (κ1) is 15.8. The lowest BCUT2D eigenvalue weighted by atomic mass is 10.1. The zero-order chi connectivity index (χ0) is 15.1. The molecule has 0 aliphatic carbocycles. The Labute approximate surface area is 135 Å². The van der Waals surface area contributed by atoms with Gasteiger partial charge in [0.25, 0.3) is 0 Å². The average Bonchev–Trinajstić information content (AvgIpc) is 2.49. The molecule has 0 amide bonds. The van der Waals surface area contributed by atoms with Crippen LogP contribution in [0.2, 0.25) is 5.02 Å². The second kappa shape index (κ2) is 8.01. The lowest BCUT2D eigenvalue weighted by molar-refractivity contribution is 0.307. The molecule has 0 fully saturated rings. The van der Waals surface area contributed by atoms with Crippen molar-refractivity contribution in [2.75, 3.05) is 6.61 Å². The zero-order valence-electron chi connectivity index (χ0n) is 11.7. The molecular weight excluding hydrogens is 302 g/mol. The summed E-state index contributed by atoms with van der Waals surface area (Å²) in [5.41, 5.74) is 7.67. The molecule has 110 valence electrons. The van der Waals surface area contributed by atoms with Crippen LogP contribution in [0.5, 0.6) is 5.75 Å². The maximum atomic E-state index is 6.14. The molecule has 2 aromatic carbocycles. The standard InChI is InChI=1S/C17H18ClNOS/c18-15-12-14(17(19)21)9-10-16(15)20-11-5-4-8-13-6-2-1-3-7-13/h1-3,6-7,9-10,12H,4-5,8,11H2,(H2,19,21). The van der Waals surface area contributed by atoms with Crippen LogP contribution >= 0.6 is 23.8 Å². The van der Waals surface area contributed by atoms with Gasteiger partial charge in [-0.1, -0.05) is 54.2 Å². The van der Waals surface area contributed by atoms with Gasteiger partial charge in [-0.3, -0.25) is 0 Å². The summed E-state index contributed by atoms with van der Waals surface area (Å²) >= 11 is 11.1. The molecule has 21 heavy (non-hydrogen) atoms. The van der Waals surface area contributed by atoms with Crippen LogP contribution < -0.4 is 10.5 Å². The Morgan fingerprint density at radius 2 is 1.86 bits per heavy atom. The Bertz CT molecular complexity index is 601. The highest BCUT2D eigenvalue weighted by Crippen LogP contribution is 2.25. The third kappa shape index (κ3) is 5.03. The van der Waals surface area contributed by atoms with Gasteiger partial charge in [0.15, 0.2) is 0 Å². The van der Waals surface area contributed by atoms with Gasteiger partial charge in [-0.15, -0.1) is 0 Å². The molecule has 0 saturated carbocycles. The molecular formula is C17H18ClNOS. The molecule has 2 N–H and O–H groups in total. The first-order valence-corrected chi connectivity index (χ1v) is 7.71. The normalized spacial score (nSPS) is 10.3. The van der Waals surface area contributed by atoms with Crippen molar-refractivity contribution in [2.45, 2.75) is 19.3 Å². The number of thiocarbonyl (C=S) groups is 1. The SMILES string of the molecule is NC(=S)c1ccc(OCCCCc2ccccc2)c(Cl)c1. The molecule has 0 atom stereocenters. The monoisotopic (exact) mass is 319 g/mol. The van der Waals surface area contributed by atoms with Crippen molar-refractivity contribution in [3.8, 4) is 5.75 Å². The minimum absolute atomic E-state index is 0.339. The van der Waals surface area contributed by atoms with Gasteiger partial charge < -0.3 is 10.5 Å². The Morgan fingerprint density at radius 1 is 1.10 bits per heavy atom. The number of halogens is 1. The molecule has 0 radical (unpaired) electrons. The number of hydrogen-bond donors (Lipinski definition) is 1. The Balaban J connectivity index is 1.75. The predicted molar refractivity (Wildman–Crippen MR) is 92.2 cm³/mol. The van der Waals surface area contributed by atoms with Crippen LogP contribution in [0, 0.1) is 0 Å². The summed E-state index contributed by atoms with van der Waals surface area (Å²) in [6.07, 6.45) is 3.15. The van der Waals surface area contributed by atoms with E-state index in [0.717, 1.165) is 24.8 Å². The van der Waals surface area contributed by atoms with Gasteiger partial charge in [0.2, 0.25) is 0 Å². The minimum atomic E-state index is 0.339. The smallest absolute Gasteiger partial charge is 0.137 e. The largest absolute Gasteiger partial charge is 0.492 e. The average molecular weight is 320 g/mol. The van der Waals surface area contributed by atoms with Crippen LogP contribution in [-0.4, -0.2) is 11.6 Å². The number of benzene rings is 2. The fraction of sp³-hybridized carbons (Fsp3) is 0.235. The third-order valence-electron chi connectivity index (χ3n) is 3.18. The van der Waals surface area contributed by atoms with Crippen LogP contribution in [0.25, 0.3) is 0 Å². The van der Waals surface area contributed by atoms with Crippen LogP contribution in [0.15, 0.2) is 48.5 Å². The predicted octanol–water partition coefficient (Wildman–Crippen LogP) is 4.38. The fourth-order valence-corrected chi connectivity index (χ4v) is 2.39. The first-order chi connectivity index (χ1) is 10.2. The fourth-order valence-electron chi connectivity index (χ4n) is 2.03. The topological polar surface area (TPSA) is 35.2 Å². The molecule has 4 heteroatoms. The van der Waals surface area contributed by atoms with E-state index in [1.807, 2.05) is 18.2 Å². The number of rotatable bonds is 7. The number of unbranched alkanes of at least 4 members (excludes halogenated alkanes) is 1. The maximum absolute atomic E-state index is 6.14. The van der Waals surface area contributed by atoms with E-state index < -0.39 is 0 Å². The van der Waals surface area contributed by atoms with Gasteiger partial charge >= 0.3 is 0 Å². The minimum Gasteiger partial charge on any atom is -0.492 e. The number of nitrogens with two attached hydrogens (primary N) is 1. The molecule has 2 nitrogen and oxygen atoms in total. The Morgan fingerprint density at radius 3 is 2.52 bits per heavy atom. The van der Waals surface area contributed by atoms with E-state index >= 15 is 0 Å². The van der Waals surface area contributed by atoms with Crippen LogP contribution in [0.3, 0.4) is 0 Å². The summed E-state index contributed by atoms with van der Waals surface area (Å²) in [6, 6.07) is 15.8. The van der Waals surface area contributed by atoms with Gasteiger partial charge in [-0.2, -0.15) is 0 Å². The molecule has 0 bridgehead atoms. The molecule has 2 aromatic rings. The Hall–Kier alpha value is -1.58. The van der Waals surface area contributed by atoms with Gasteiger partial charge in [-0.05, 0) is 43.0 Å². The summed E-state index contributed by atoms with van der Waals surface area (Å²) in [5, 5.41) is 0.545. The molecule has 0 aliphatic heterocycles. The van der Waals surface area contributed by atoms with E-state index in [-0.39, 0.29) is 0 Å². The molecule has 0 saturated heterocycles. The maximum Gasteiger partial charge on any atom is 0.137 e. The number of aryl methyl sites for hydroxylation is 1.